The molecule has 0 aliphatic rings. The van der Waals surface area contributed by atoms with Crippen LogP contribution in [-0.4, -0.2) is 24.5 Å². The highest BCUT2D eigenvalue weighted by Crippen LogP contribution is 2.28. The van der Waals surface area contributed by atoms with Gasteiger partial charge in [0.1, 0.15) is 17.9 Å². The van der Waals surface area contributed by atoms with Crippen LogP contribution in [0.15, 0.2) is 27.4 Å². The van der Waals surface area contributed by atoms with Gasteiger partial charge < -0.3 is 13.9 Å². The number of rotatable bonds is 7. The molecule has 1 aromatic heterocycles. The summed E-state index contributed by atoms with van der Waals surface area (Å²) in [5, 5.41) is 0.766. The van der Waals surface area contributed by atoms with Crippen molar-refractivity contribution in [2.45, 2.75) is 46.6 Å². The van der Waals surface area contributed by atoms with Crippen LogP contribution in [0.25, 0.3) is 11.0 Å². The number of benzene rings is 1. The van der Waals surface area contributed by atoms with Crippen LogP contribution in [-0.2, 0) is 20.7 Å². The highest BCUT2D eigenvalue weighted by molar-refractivity contribution is 5.83. The fourth-order valence-electron chi connectivity index (χ4n) is 2.46. The van der Waals surface area contributed by atoms with Crippen molar-refractivity contribution >= 4 is 22.7 Å². The predicted octanol–water partition coefficient (Wildman–Crippen LogP) is 2.95. The average Bonchev–Trinajstić information content (AvgIpc) is 2.49. The Morgan fingerprint density at radius 1 is 1.20 bits per heavy atom. The summed E-state index contributed by atoms with van der Waals surface area (Å²) in [5.41, 5.74) is 1.47. The molecule has 0 N–H and O–H groups in total. The van der Waals surface area contributed by atoms with Crippen LogP contribution in [0.1, 0.15) is 38.3 Å². The first-order valence-electron chi connectivity index (χ1n) is 8.15. The standard InChI is InChI=1S/C19H22O6/c1-11(2)24-18(21)6-5-14-8-15-12(3)7-19(22)25-17(15)9-16(14)23-10-13(4)20/h7-9,11H,5-6,10H2,1-4H3. The van der Waals surface area contributed by atoms with E-state index in [1.165, 1.54) is 13.0 Å². The molecule has 25 heavy (non-hydrogen) atoms. The molecule has 0 saturated carbocycles. The van der Waals surface area contributed by atoms with E-state index in [0.29, 0.717) is 17.8 Å². The van der Waals surface area contributed by atoms with E-state index in [2.05, 4.69) is 0 Å². The molecule has 2 aromatic rings. The van der Waals surface area contributed by atoms with Crippen molar-refractivity contribution in [3.05, 3.63) is 39.7 Å². The molecule has 134 valence electrons. The van der Waals surface area contributed by atoms with Crippen molar-refractivity contribution in [1.82, 2.24) is 0 Å². The van der Waals surface area contributed by atoms with E-state index in [1.807, 2.05) is 13.0 Å². The molecule has 6 nitrogen and oxygen atoms in total. The number of esters is 1. The number of ether oxygens (including phenoxy) is 2. The number of carbonyl (C=O) groups is 2. The molecule has 0 unspecified atom stereocenters. The third kappa shape index (κ3) is 5.17. The molecule has 0 saturated heterocycles. The molecule has 1 heterocycles. The summed E-state index contributed by atoms with van der Waals surface area (Å²) in [6.07, 6.45) is 0.414. The fraction of sp³-hybridized carbons (Fsp3) is 0.421. The monoisotopic (exact) mass is 346 g/mol. The number of fused-ring (bicyclic) bond motifs is 1. The van der Waals surface area contributed by atoms with Crippen LogP contribution >= 0.6 is 0 Å². The van der Waals surface area contributed by atoms with Gasteiger partial charge in [0.15, 0.2) is 5.78 Å². The lowest BCUT2D eigenvalue weighted by Crippen LogP contribution is -2.13. The van der Waals surface area contributed by atoms with E-state index >= 15 is 0 Å². The van der Waals surface area contributed by atoms with Crippen LogP contribution in [0.4, 0.5) is 0 Å². The predicted molar refractivity (Wildman–Crippen MR) is 92.9 cm³/mol. The molecular weight excluding hydrogens is 324 g/mol. The number of hydrogen-bond donors (Lipinski definition) is 0. The average molecular weight is 346 g/mol. The van der Waals surface area contributed by atoms with Crippen molar-refractivity contribution in [1.29, 1.82) is 0 Å². The zero-order chi connectivity index (χ0) is 18.6. The van der Waals surface area contributed by atoms with E-state index in [1.54, 1.807) is 19.9 Å². The second kappa shape index (κ2) is 7.96. The van der Waals surface area contributed by atoms with Gasteiger partial charge in [0, 0.05) is 23.9 Å². The number of ketones is 1. The normalized spacial score (nSPS) is 10.9. The minimum absolute atomic E-state index is 0.0923. The minimum Gasteiger partial charge on any atom is -0.485 e. The summed E-state index contributed by atoms with van der Waals surface area (Å²) in [6.45, 7) is 6.73. The molecule has 0 radical (unpaired) electrons. The fourth-order valence-corrected chi connectivity index (χ4v) is 2.46. The molecule has 0 aliphatic heterocycles. The summed E-state index contributed by atoms with van der Waals surface area (Å²) in [5.74, 6) is -0.00585. The van der Waals surface area contributed by atoms with Gasteiger partial charge in [-0.1, -0.05) is 0 Å². The van der Waals surface area contributed by atoms with Crippen LogP contribution in [0.5, 0.6) is 5.75 Å². The molecule has 1 aromatic carbocycles. The molecule has 0 bridgehead atoms. The van der Waals surface area contributed by atoms with E-state index in [0.717, 1.165) is 16.5 Å². The molecule has 0 aliphatic carbocycles. The first kappa shape index (κ1) is 18.7. The van der Waals surface area contributed by atoms with Gasteiger partial charge in [-0.15, -0.1) is 0 Å². The minimum atomic E-state index is -0.448. The molecule has 0 amide bonds. The molecule has 0 atom stereocenters. The maximum atomic E-state index is 11.8. The lowest BCUT2D eigenvalue weighted by atomic mass is 10.0. The second-order valence-electron chi connectivity index (χ2n) is 6.23. The second-order valence-corrected chi connectivity index (χ2v) is 6.23. The number of aryl methyl sites for hydroxylation is 2. The summed E-state index contributed by atoms with van der Waals surface area (Å²) in [6, 6.07) is 4.83. The van der Waals surface area contributed by atoms with Gasteiger partial charge >= 0.3 is 11.6 Å². The van der Waals surface area contributed by atoms with Gasteiger partial charge in [-0.3, -0.25) is 9.59 Å². The topological polar surface area (TPSA) is 82.8 Å². The largest absolute Gasteiger partial charge is 0.485 e. The Bertz CT molecular complexity index is 847. The molecule has 6 heteroatoms. The van der Waals surface area contributed by atoms with Crippen LogP contribution in [0.3, 0.4) is 0 Å². The Morgan fingerprint density at radius 2 is 1.92 bits per heavy atom. The Balaban J connectivity index is 2.36. The SMILES string of the molecule is CC(=O)COc1cc2oc(=O)cc(C)c2cc1CCC(=O)OC(C)C. The van der Waals surface area contributed by atoms with E-state index in [9.17, 15) is 14.4 Å². The van der Waals surface area contributed by atoms with Gasteiger partial charge in [-0.05, 0) is 51.3 Å². The summed E-state index contributed by atoms with van der Waals surface area (Å²) < 4.78 is 15.9. The Hall–Kier alpha value is -2.63. The lowest BCUT2D eigenvalue weighted by Gasteiger charge is -2.13. The maximum absolute atomic E-state index is 11.8. The van der Waals surface area contributed by atoms with Crippen molar-refractivity contribution < 1.29 is 23.5 Å². The van der Waals surface area contributed by atoms with Gasteiger partial charge in [0.25, 0.3) is 0 Å². The third-order valence-electron chi connectivity index (χ3n) is 3.53. The van der Waals surface area contributed by atoms with Gasteiger partial charge in [0.2, 0.25) is 0 Å². The molecular formula is C19H22O6. The van der Waals surface area contributed by atoms with E-state index < -0.39 is 5.63 Å². The van der Waals surface area contributed by atoms with E-state index in [4.69, 9.17) is 13.9 Å². The van der Waals surface area contributed by atoms with Crippen molar-refractivity contribution in [2.75, 3.05) is 6.61 Å². The van der Waals surface area contributed by atoms with Crippen LogP contribution in [0.2, 0.25) is 0 Å². The number of carbonyl (C=O) groups excluding carboxylic acids is 2. The van der Waals surface area contributed by atoms with Crippen molar-refractivity contribution in [3.8, 4) is 5.75 Å². The summed E-state index contributed by atoms with van der Waals surface area (Å²) in [7, 11) is 0. The third-order valence-corrected chi connectivity index (χ3v) is 3.53. The Labute approximate surface area is 145 Å². The van der Waals surface area contributed by atoms with Gasteiger partial charge in [0.05, 0.1) is 6.10 Å². The first-order chi connectivity index (χ1) is 11.8. The number of hydrogen-bond acceptors (Lipinski definition) is 6. The van der Waals surface area contributed by atoms with Crippen molar-refractivity contribution in [2.24, 2.45) is 0 Å². The highest BCUT2D eigenvalue weighted by Gasteiger charge is 2.14. The molecule has 2 rings (SSSR count). The van der Waals surface area contributed by atoms with E-state index in [-0.39, 0.29) is 30.9 Å². The lowest BCUT2D eigenvalue weighted by molar-refractivity contribution is -0.147. The maximum Gasteiger partial charge on any atom is 0.336 e. The molecule has 0 spiro atoms. The zero-order valence-corrected chi connectivity index (χ0v) is 14.9. The number of Topliss-reactive ketones (excluding diaryl/α,β-unsaturated/α-hetero) is 1. The smallest absolute Gasteiger partial charge is 0.336 e. The quantitative estimate of drug-likeness (QED) is 0.566. The van der Waals surface area contributed by atoms with Crippen molar-refractivity contribution in [3.63, 3.8) is 0 Å². The summed E-state index contributed by atoms with van der Waals surface area (Å²) >= 11 is 0. The summed E-state index contributed by atoms with van der Waals surface area (Å²) in [4.78, 5) is 34.6. The van der Waals surface area contributed by atoms with Gasteiger partial charge in [-0.25, -0.2) is 4.79 Å². The van der Waals surface area contributed by atoms with Gasteiger partial charge in [-0.2, -0.15) is 0 Å². The Kier molecular flexibility index (Phi) is 5.96. The van der Waals surface area contributed by atoms with Crippen LogP contribution < -0.4 is 10.4 Å². The Morgan fingerprint density at radius 3 is 2.56 bits per heavy atom. The van der Waals surface area contributed by atoms with Crippen LogP contribution in [0, 0.1) is 6.92 Å². The molecule has 0 fully saturated rings. The highest BCUT2D eigenvalue weighted by atomic mass is 16.5. The first-order valence-corrected chi connectivity index (χ1v) is 8.15. The zero-order valence-electron chi connectivity index (χ0n) is 14.9.